The van der Waals surface area contributed by atoms with Crippen LogP contribution >= 0.6 is 0 Å². The summed E-state index contributed by atoms with van der Waals surface area (Å²) in [5, 5.41) is 0.694. The molecule has 0 atom stereocenters. The highest BCUT2D eigenvalue weighted by Gasteiger charge is 2.09. The van der Waals surface area contributed by atoms with Crippen LogP contribution in [0.3, 0.4) is 0 Å². The van der Waals surface area contributed by atoms with E-state index in [4.69, 9.17) is 11.5 Å². The number of nitrogen functional groups attached to an aromatic ring is 2. The quantitative estimate of drug-likeness (QED) is 0.736. The largest absolute Gasteiger partial charge is 0.383 e. The second kappa shape index (κ2) is 4.65. The molecule has 2 heterocycles. The average Bonchev–Trinajstić information content (AvgIpc) is 2.47. The third-order valence-corrected chi connectivity index (χ3v) is 3.11. The first-order chi connectivity index (χ1) is 9.65. The first-order valence-corrected chi connectivity index (χ1v) is 6.12. The van der Waals surface area contributed by atoms with Crippen LogP contribution in [0.5, 0.6) is 0 Å². The molecule has 0 amide bonds. The van der Waals surface area contributed by atoms with E-state index in [0.717, 1.165) is 11.4 Å². The van der Waals surface area contributed by atoms with Gasteiger partial charge in [-0.2, -0.15) is 9.97 Å². The number of hydrogen-bond acceptors (Lipinski definition) is 6. The molecule has 1 aromatic carbocycles. The summed E-state index contributed by atoms with van der Waals surface area (Å²) in [7, 11) is 1.96. The Labute approximate surface area is 116 Å². The lowest BCUT2D eigenvalue weighted by Crippen LogP contribution is -2.10. The Morgan fingerprint density at radius 1 is 1.00 bits per heavy atom. The number of pyridine rings is 1. The highest BCUT2D eigenvalue weighted by Crippen LogP contribution is 2.26. The van der Waals surface area contributed by atoms with Crippen molar-refractivity contribution in [2.24, 2.45) is 0 Å². The number of hydrogen-bond donors (Lipinski definition) is 2. The monoisotopic (exact) mass is 266 g/mol. The van der Waals surface area contributed by atoms with Gasteiger partial charge in [0.25, 0.3) is 0 Å². The molecule has 0 unspecified atom stereocenters. The zero-order chi connectivity index (χ0) is 14.1. The second-order valence-electron chi connectivity index (χ2n) is 4.43. The summed E-state index contributed by atoms with van der Waals surface area (Å²) in [5.41, 5.74) is 13.9. The fourth-order valence-electron chi connectivity index (χ4n) is 2.03. The van der Waals surface area contributed by atoms with Crippen molar-refractivity contribution in [2.75, 3.05) is 23.4 Å². The van der Waals surface area contributed by atoms with Crippen molar-refractivity contribution in [3.63, 3.8) is 0 Å². The minimum absolute atomic E-state index is 0.131. The number of rotatable bonds is 2. The average molecular weight is 266 g/mol. The predicted molar refractivity (Wildman–Crippen MR) is 80.7 cm³/mol. The van der Waals surface area contributed by atoms with Gasteiger partial charge in [0, 0.05) is 12.7 Å². The van der Waals surface area contributed by atoms with Crippen LogP contribution in [0.2, 0.25) is 0 Å². The van der Waals surface area contributed by atoms with E-state index < -0.39 is 0 Å². The van der Waals surface area contributed by atoms with Gasteiger partial charge in [-0.15, -0.1) is 0 Å². The molecule has 100 valence electrons. The molecule has 2 aromatic heterocycles. The molecule has 6 nitrogen and oxygen atoms in total. The fraction of sp³-hybridized carbons (Fsp3) is 0.0714. The molecule has 0 aliphatic carbocycles. The highest BCUT2D eigenvalue weighted by atomic mass is 15.1. The second-order valence-corrected chi connectivity index (χ2v) is 4.43. The minimum Gasteiger partial charge on any atom is -0.383 e. The normalized spacial score (nSPS) is 10.7. The third kappa shape index (κ3) is 2.07. The molecule has 0 aliphatic rings. The molecule has 6 heteroatoms. The van der Waals surface area contributed by atoms with E-state index in [0.29, 0.717) is 16.9 Å². The van der Waals surface area contributed by atoms with Crippen molar-refractivity contribution in [2.45, 2.75) is 0 Å². The molecular weight excluding hydrogens is 252 g/mol. The molecule has 4 N–H and O–H groups in total. The summed E-state index contributed by atoms with van der Waals surface area (Å²) < 4.78 is 0. The zero-order valence-electron chi connectivity index (χ0n) is 11.0. The molecule has 0 saturated carbocycles. The van der Waals surface area contributed by atoms with Gasteiger partial charge in [0.05, 0.1) is 17.3 Å². The van der Waals surface area contributed by atoms with E-state index in [-0.39, 0.29) is 5.95 Å². The molecule has 0 aliphatic heterocycles. The van der Waals surface area contributed by atoms with Crippen LogP contribution in [-0.4, -0.2) is 22.0 Å². The molecule has 20 heavy (non-hydrogen) atoms. The maximum atomic E-state index is 5.88. The SMILES string of the molecule is CN(c1ccccc1)c1cnc2nc(N)nc(N)c2c1. The third-order valence-electron chi connectivity index (χ3n) is 3.11. The van der Waals surface area contributed by atoms with Crippen LogP contribution in [0.15, 0.2) is 42.6 Å². The minimum atomic E-state index is 0.131. The van der Waals surface area contributed by atoms with Crippen LogP contribution in [0.1, 0.15) is 0 Å². The van der Waals surface area contributed by atoms with Gasteiger partial charge in [0.15, 0.2) is 5.65 Å². The van der Waals surface area contributed by atoms with Gasteiger partial charge in [-0.25, -0.2) is 4.98 Å². The molecule has 0 radical (unpaired) electrons. The van der Waals surface area contributed by atoms with Gasteiger partial charge in [0.2, 0.25) is 5.95 Å². The number of nitrogens with two attached hydrogens (primary N) is 2. The van der Waals surface area contributed by atoms with Crippen molar-refractivity contribution >= 4 is 34.2 Å². The Morgan fingerprint density at radius 2 is 1.75 bits per heavy atom. The van der Waals surface area contributed by atoms with E-state index in [1.165, 1.54) is 0 Å². The molecule has 0 saturated heterocycles. The maximum Gasteiger partial charge on any atom is 0.224 e. The summed E-state index contributed by atoms with van der Waals surface area (Å²) in [4.78, 5) is 14.3. The van der Waals surface area contributed by atoms with Gasteiger partial charge >= 0.3 is 0 Å². The number of para-hydroxylation sites is 1. The Balaban J connectivity index is 2.09. The molecule has 3 aromatic rings. The number of nitrogens with zero attached hydrogens (tertiary/aromatic N) is 4. The topological polar surface area (TPSA) is 94.0 Å². The first-order valence-electron chi connectivity index (χ1n) is 6.12. The molecule has 3 rings (SSSR count). The van der Waals surface area contributed by atoms with E-state index in [2.05, 4.69) is 15.0 Å². The van der Waals surface area contributed by atoms with Gasteiger partial charge in [0.1, 0.15) is 5.82 Å². The van der Waals surface area contributed by atoms with Gasteiger partial charge in [-0.3, -0.25) is 0 Å². The van der Waals surface area contributed by atoms with Crippen LogP contribution in [0, 0.1) is 0 Å². The summed E-state index contributed by atoms with van der Waals surface area (Å²) in [6.45, 7) is 0. The number of aromatic nitrogens is 3. The van der Waals surface area contributed by atoms with Crippen molar-refractivity contribution in [1.29, 1.82) is 0 Å². The Kier molecular flexibility index (Phi) is 2.83. The lowest BCUT2D eigenvalue weighted by atomic mass is 10.2. The Morgan fingerprint density at radius 3 is 2.50 bits per heavy atom. The Bertz CT molecular complexity index is 756. The number of benzene rings is 1. The van der Waals surface area contributed by atoms with Gasteiger partial charge in [-0.05, 0) is 18.2 Å². The number of anilines is 4. The molecule has 0 spiro atoms. The molecule has 0 fully saturated rings. The molecule has 0 bridgehead atoms. The maximum absolute atomic E-state index is 5.88. The van der Waals surface area contributed by atoms with Crippen LogP contribution in [0.25, 0.3) is 11.0 Å². The summed E-state index contributed by atoms with van der Waals surface area (Å²) in [6.07, 6.45) is 1.74. The van der Waals surface area contributed by atoms with E-state index in [1.54, 1.807) is 6.20 Å². The summed E-state index contributed by atoms with van der Waals surface area (Å²) in [6, 6.07) is 11.9. The van der Waals surface area contributed by atoms with E-state index >= 15 is 0 Å². The van der Waals surface area contributed by atoms with Gasteiger partial charge < -0.3 is 16.4 Å². The van der Waals surface area contributed by atoms with E-state index in [9.17, 15) is 0 Å². The lowest BCUT2D eigenvalue weighted by molar-refractivity contribution is 1.16. The van der Waals surface area contributed by atoms with Crippen molar-refractivity contribution in [3.8, 4) is 0 Å². The van der Waals surface area contributed by atoms with Crippen molar-refractivity contribution in [1.82, 2.24) is 15.0 Å². The van der Waals surface area contributed by atoms with Crippen molar-refractivity contribution < 1.29 is 0 Å². The lowest BCUT2D eigenvalue weighted by Gasteiger charge is -2.19. The molecular formula is C14H14N6. The smallest absolute Gasteiger partial charge is 0.224 e. The predicted octanol–water partition coefficient (Wildman–Crippen LogP) is 1.96. The highest BCUT2D eigenvalue weighted by molar-refractivity contribution is 5.89. The standard InChI is InChI=1S/C14H14N6/c1-20(9-5-3-2-4-6-9)10-7-11-12(15)18-14(16)19-13(11)17-8-10/h2-8H,1H3,(H4,15,16,17,18,19). The van der Waals surface area contributed by atoms with Crippen LogP contribution in [0.4, 0.5) is 23.1 Å². The Hall–Kier alpha value is -2.89. The fourth-order valence-corrected chi connectivity index (χ4v) is 2.03. The number of fused-ring (bicyclic) bond motifs is 1. The summed E-state index contributed by atoms with van der Waals surface area (Å²) >= 11 is 0. The van der Waals surface area contributed by atoms with Gasteiger partial charge in [-0.1, -0.05) is 18.2 Å². The van der Waals surface area contributed by atoms with Crippen molar-refractivity contribution in [3.05, 3.63) is 42.6 Å². The van der Waals surface area contributed by atoms with Crippen LogP contribution < -0.4 is 16.4 Å². The first kappa shape index (κ1) is 12.2. The zero-order valence-corrected chi connectivity index (χ0v) is 11.0. The summed E-state index contributed by atoms with van der Waals surface area (Å²) in [5.74, 6) is 0.468. The van der Waals surface area contributed by atoms with Crippen LogP contribution in [-0.2, 0) is 0 Å². The van der Waals surface area contributed by atoms with E-state index in [1.807, 2.05) is 48.3 Å².